The number of nitrogens with one attached hydrogen (secondary N) is 1. The molecule has 0 spiro atoms. The van der Waals surface area contributed by atoms with Crippen LogP contribution in [0.2, 0.25) is 0 Å². The molecule has 0 aliphatic carbocycles. The lowest BCUT2D eigenvalue weighted by Gasteiger charge is -2.19. The van der Waals surface area contributed by atoms with Crippen LogP contribution in [0.5, 0.6) is 0 Å². The monoisotopic (exact) mass is 410 g/mol. The van der Waals surface area contributed by atoms with E-state index in [4.69, 9.17) is 5.73 Å². The predicted octanol–water partition coefficient (Wildman–Crippen LogP) is 3.53. The quantitative estimate of drug-likeness (QED) is 0.678. The fourth-order valence-corrected chi connectivity index (χ4v) is 4.84. The fraction of sp³-hybridized carbons (Fsp3) is 0.412. The minimum atomic E-state index is -0.398. The third-order valence-electron chi connectivity index (χ3n) is 3.39. The molecule has 2 aromatic rings. The van der Waals surface area contributed by atoms with Gasteiger partial charge in [-0.25, -0.2) is 0 Å². The largest absolute Gasteiger partial charge is 0.369 e. The van der Waals surface area contributed by atoms with Crippen LogP contribution >= 0.6 is 34.9 Å². The molecule has 6 nitrogen and oxygen atoms in total. The topological polar surface area (TPSA) is 98.0 Å². The number of anilines is 1. The van der Waals surface area contributed by atoms with Crippen molar-refractivity contribution in [2.45, 2.75) is 47.0 Å². The van der Waals surface area contributed by atoms with E-state index in [1.54, 1.807) is 0 Å². The van der Waals surface area contributed by atoms with Gasteiger partial charge in [-0.2, -0.15) is 0 Å². The Labute approximate surface area is 165 Å². The van der Waals surface area contributed by atoms with Crippen LogP contribution in [-0.4, -0.2) is 33.0 Å². The van der Waals surface area contributed by atoms with Crippen molar-refractivity contribution in [2.24, 2.45) is 5.73 Å². The number of amides is 2. The molecule has 1 aromatic carbocycles. The molecular weight excluding hydrogens is 388 g/mol. The highest BCUT2D eigenvalue weighted by Crippen LogP contribution is 2.31. The van der Waals surface area contributed by atoms with Crippen LogP contribution in [0.3, 0.4) is 0 Å². The molecule has 0 fully saturated rings. The maximum atomic E-state index is 12.4. The van der Waals surface area contributed by atoms with Gasteiger partial charge < -0.3 is 11.1 Å². The third-order valence-corrected chi connectivity index (χ3v) is 6.65. The van der Waals surface area contributed by atoms with Gasteiger partial charge in [-0.1, -0.05) is 67.8 Å². The van der Waals surface area contributed by atoms with E-state index >= 15 is 0 Å². The lowest BCUT2D eigenvalue weighted by Crippen LogP contribution is -2.22. The van der Waals surface area contributed by atoms with Crippen LogP contribution in [0.4, 0.5) is 5.69 Å². The molecule has 0 aliphatic heterocycles. The average Bonchev–Trinajstić information content (AvgIpc) is 3.00. The Hall–Kier alpha value is -1.58. The van der Waals surface area contributed by atoms with Crippen molar-refractivity contribution in [3.8, 4) is 0 Å². The molecule has 2 rings (SSSR count). The second kappa shape index (κ2) is 8.88. The molecule has 0 bridgehead atoms. The normalized spacial score (nSPS) is 12.6. The molecule has 0 saturated heterocycles. The Morgan fingerprint density at radius 2 is 1.81 bits per heavy atom. The molecular formula is C17H22N4O2S3. The number of hydrogen-bond acceptors (Lipinski definition) is 7. The number of hydrogen-bond donors (Lipinski definition) is 2. The summed E-state index contributed by atoms with van der Waals surface area (Å²) < 4.78 is 1.35. The van der Waals surface area contributed by atoms with E-state index in [0.717, 1.165) is 5.69 Å². The van der Waals surface area contributed by atoms with E-state index in [9.17, 15) is 9.59 Å². The minimum absolute atomic E-state index is 0.0771. The highest BCUT2D eigenvalue weighted by molar-refractivity contribution is 8.04. The van der Waals surface area contributed by atoms with Gasteiger partial charge in [0.25, 0.3) is 0 Å². The lowest BCUT2D eigenvalue weighted by molar-refractivity contribution is -0.116. The summed E-state index contributed by atoms with van der Waals surface area (Å²) in [6.45, 7) is 8.27. The number of carbonyl (C=O) groups is 2. The summed E-state index contributed by atoms with van der Waals surface area (Å²) in [6.07, 6.45) is 0. The first-order chi connectivity index (χ1) is 12.1. The van der Waals surface area contributed by atoms with E-state index in [1.807, 2.05) is 31.2 Å². The molecule has 1 atom stereocenters. The van der Waals surface area contributed by atoms with Gasteiger partial charge in [-0.05, 0) is 30.0 Å². The molecule has 0 radical (unpaired) electrons. The summed E-state index contributed by atoms with van der Waals surface area (Å²) >= 11 is 3.93. The molecule has 1 unspecified atom stereocenters. The van der Waals surface area contributed by atoms with E-state index in [0.29, 0.717) is 8.68 Å². The van der Waals surface area contributed by atoms with Crippen molar-refractivity contribution in [3.63, 3.8) is 0 Å². The second-order valence-electron chi connectivity index (χ2n) is 6.67. The minimum Gasteiger partial charge on any atom is -0.369 e. The van der Waals surface area contributed by atoms with Crippen LogP contribution in [-0.2, 0) is 15.0 Å². The molecule has 26 heavy (non-hydrogen) atoms. The van der Waals surface area contributed by atoms with Gasteiger partial charge in [-0.3, -0.25) is 9.59 Å². The van der Waals surface area contributed by atoms with Gasteiger partial charge in [0.15, 0.2) is 8.68 Å². The van der Waals surface area contributed by atoms with Crippen molar-refractivity contribution >= 4 is 52.4 Å². The van der Waals surface area contributed by atoms with Gasteiger partial charge in [0, 0.05) is 5.69 Å². The predicted molar refractivity (Wildman–Crippen MR) is 109 cm³/mol. The molecule has 0 saturated carbocycles. The second-order valence-corrected chi connectivity index (χ2v) is 10.5. The Bertz CT molecular complexity index is 769. The number of benzene rings is 1. The summed E-state index contributed by atoms with van der Waals surface area (Å²) in [5, 5.41) is 10.6. The van der Waals surface area contributed by atoms with E-state index in [2.05, 4.69) is 36.3 Å². The Balaban J connectivity index is 1.90. The number of carbonyl (C=O) groups excluding carboxylic acids is 2. The number of nitrogens with two attached hydrogens (primary N) is 1. The van der Waals surface area contributed by atoms with Crippen molar-refractivity contribution < 1.29 is 9.59 Å². The first kappa shape index (κ1) is 20.7. The molecule has 0 aliphatic rings. The maximum absolute atomic E-state index is 12.4. The van der Waals surface area contributed by atoms with Crippen LogP contribution in [0.25, 0.3) is 0 Å². The van der Waals surface area contributed by atoms with Crippen LogP contribution < -0.4 is 11.1 Å². The highest BCUT2D eigenvalue weighted by Gasteiger charge is 2.18. The lowest BCUT2D eigenvalue weighted by atomic mass is 9.87. The first-order valence-corrected chi connectivity index (χ1v) is 10.7. The smallest absolute Gasteiger partial charge is 0.237 e. The molecule has 1 heterocycles. The van der Waals surface area contributed by atoms with Crippen molar-refractivity contribution in [3.05, 3.63) is 29.8 Å². The zero-order valence-corrected chi connectivity index (χ0v) is 17.6. The average molecular weight is 411 g/mol. The number of aromatic nitrogens is 2. The zero-order valence-electron chi connectivity index (χ0n) is 15.1. The summed E-state index contributed by atoms with van der Waals surface area (Å²) in [5.41, 5.74) is 7.17. The Morgan fingerprint density at radius 1 is 1.19 bits per heavy atom. The van der Waals surface area contributed by atoms with Crippen molar-refractivity contribution in [2.75, 3.05) is 11.1 Å². The summed E-state index contributed by atoms with van der Waals surface area (Å²) in [5.74, 6) is -0.329. The van der Waals surface area contributed by atoms with Crippen LogP contribution in [0.15, 0.2) is 32.9 Å². The number of primary amides is 1. The van der Waals surface area contributed by atoms with E-state index in [1.165, 1.54) is 40.4 Å². The Kier molecular flexibility index (Phi) is 7.08. The highest BCUT2D eigenvalue weighted by atomic mass is 32.2. The number of rotatable bonds is 7. The number of nitrogens with zero attached hydrogens (tertiary/aromatic N) is 2. The molecule has 140 valence electrons. The Morgan fingerprint density at radius 3 is 2.38 bits per heavy atom. The maximum Gasteiger partial charge on any atom is 0.237 e. The molecule has 1 aromatic heterocycles. The van der Waals surface area contributed by atoms with Crippen molar-refractivity contribution in [1.29, 1.82) is 0 Å². The van der Waals surface area contributed by atoms with Gasteiger partial charge in [-0.15, -0.1) is 10.2 Å². The first-order valence-electron chi connectivity index (χ1n) is 7.98. The zero-order chi connectivity index (χ0) is 19.3. The van der Waals surface area contributed by atoms with E-state index < -0.39 is 5.91 Å². The summed E-state index contributed by atoms with van der Waals surface area (Å²) in [6, 6.07) is 7.89. The third kappa shape index (κ3) is 6.30. The van der Waals surface area contributed by atoms with E-state index in [-0.39, 0.29) is 22.3 Å². The molecule has 3 N–H and O–H groups in total. The SMILES string of the molecule is CC(Sc1nnc(SCC(N)=O)s1)C(=O)Nc1ccc(C(C)(C)C)cc1. The van der Waals surface area contributed by atoms with Crippen LogP contribution in [0.1, 0.15) is 33.3 Å². The summed E-state index contributed by atoms with van der Waals surface area (Å²) in [7, 11) is 0. The molecule has 9 heteroatoms. The van der Waals surface area contributed by atoms with Gasteiger partial charge >= 0.3 is 0 Å². The summed E-state index contributed by atoms with van der Waals surface area (Å²) in [4.78, 5) is 23.2. The van der Waals surface area contributed by atoms with Gasteiger partial charge in [0.2, 0.25) is 11.8 Å². The van der Waals surface area contributed by atoms with Crippen LogP contribution in [0, 0.1) is 0 Å². The van der Waals surface area contributed by atoms with Crippen molar-refractivity contribution in [1.82, 2.24) is 10.2 Å². The standard InChI is InChI=1S/C17H22N4O2S3/c1-10(25-16-21-20-15(26-16)24-9-13(18)22)14(23)19-12-7-5-11(6-8-12)17(2,3)4/h5-8,10H,9H2,1-4H3,(H2,18,22)(H,19,23). The van der Waals surface area contributed by atoms with Gasteiger partial charge in [0.05, 0.1) is 11.0 Å². The van der Waals surface area contributed by atoms with Gasteiger partial charge in [0.1, 0.15) is 0 Å². The number of thioether (sulfide) groups is 2. The fourth-order valence-electron chi connectivity index (χ4n) is 1.94. The molecule has 2 amide bonds.